The lowest BCUT2D eigenvalue weighted by Crippen LogP contribution is -2.52. The van der Waals surface area contributed by atoms with E-state index in [2.05, 4.69) is 0 Å². The van der Waals surface area contributed by atoms with Crippen LogP contribution >= 0.6 is 0 Å². The highest BCUT2D eigenvalue weighted by molar-refractivity contribution is 6.17. The second kappa shape index (κ2) is 9.62. The van der Waals surface area contributed by atoms with E-state index in [1.54, 1.807) is 102 Å². The highest BCUT2D eigenvalue weighted by Crippen LogP contribution is 2.59. The van der Waals surface area contributed by atoms with Gasteiger partial charge in [-0.05, 0) is 65.8 Å². The Kier molecular flexibility index (Phi) is 6.35. The second-order valence-electron chi connectivity index (χ2n) is 14.0. The summed E-state index contributed by atoms with van der Waals surface area (Å²) < 4.78 is 36.6. The monoisotopic (exact) mass is 628 g/mol. The summed E-state index contributed by atoms with van der Waals surface area (Å²) in [5, 5.41) is 0. The molecule has 5 heterocycles. The van der Waals surface area contributed by atoms with Crippen LogP contribution in [0.5, 0.6) is 11.5 Å². The largest absolute Gasteiger partial charge is 0.489 e. The number of fused-ring (bicyclic) bond motifs is 4. The number of ketones is 2. The lowest BCUT2D eigenvalue weighted by Gasteiger charge is -2.33. The lowest BCUT2D eigenvalue weighted by molar-refractivity contribution is -0.171. The maximum absolute atomic E-state index is 13.9. The van der Waals surface area contributed by atoms with E-state index in [0.717, 1.165) is 0 Å². The Labute approximate surface area is 266 Å². The summed E-state index contributed by atoms with van der Waals surface area (Å²) >= 11 is 0. The number of carbonyl (C=O) groups is 4. The average Bonchev–Trinajstić information content (AvgIpc) is 3.62. The molecule has 10 nitrogen and oxygen atoms in total. The summed E-state index contributed by atoms with van der Waals surface area (Å²) in [6.45, 7) is 9.74. The molecular weight excluding hydrogens is 592 g/mol. The molecule has 2 fully saturated rings. The van der Waals surface area contributed by atoms with Crippen molar-refractivity contribution >= 4 is 23.5 Å². The molecule has 240 valence electrons. The van der Waals surface area contributed by atoms with Gasteiger partial charge < -0.3 is 28.4 Å². The fourth-order valence-electron chi connectivity index (χ4n) is 7.17. The number of esters is 2. The highest BCUT2D eigenvalue weighted by Gasteiger charge is 2.75. The van der Waals surface area contributed by atoms with E-state index in [4.69, 9.17) is 28.4 Å². The quantitative estimate of drug-likeness (QED) is 0.236. The van der Waals surface area contributed by atoms with Crippen LogP contribution in [-0.4, -0.2) is 59.1 Å². The Hall–Kier alpha value is -4.28. The molecule has 0 saturated carbocycles. The van der Waals surface area contributed by atoms with Crippen molar-refractivity contribution in [3.8, 4) is 11.5 Å². The van der Waals surface area contributed by atoms with Crippen molar-refractivity contribution in [1.29, 1.82) is 0 Å². The van der Waals surface area contributed by atoms with Gasteiger partial charge in [-0.2, -0.15) is 0 Å². The van der Waals surface area contributed by atoms with Crippen molar-refractivity contribution in [3.05, 3.63) is 83.0 Å². The van der Waals surface area contributed by atoms with Gasteiger partial charge in [0.15, 0.2) is 11.6 Å². The van der Waals surface area contributed by atoms with Gasteiger partial charge in [-0.3, -0.25) is 9.59 Å². The normalized spacial score (nSPS) is 34.3. The highest BCUT2D eigenvalue weighted by atomic mass is 16.6. The topological polar surface area (TPSA) is 124 Å². The van der Waals surface area contributed by atoms with E-state index in [1.807, 2.05) is 0 Å². The van der Waals surface area contributed by atoms with Crippen molar-refractivity contribution in [2.24, 2.45) is 10.8 Å². The maximum atomic E-state index is 13.9. The van der Waals surface area contributed by atoms with Crippen LogP contribution < -0.4 is 9.47 Å². The Morgan fingerprint density at radius 2 is 0.870 bits per heavy atom. The molecule has 7 rings (SSSR count). The zero-order valence-corrected chi connectivity index (χ0v) is 26.7. The van der Waals surface area contributed by atoms with Crippen LogP contribution in [-0.2, 0) is 51.3 Å². The molecule has 2 aromatic rings. The summed E-state index contributed by atoms with van der Waals surface area (Å²) in [4.78, 5) is 55.7. The Bertz CT molecular complexity index is 1650. The number of rotatable bonds is 0. The molecule has 4 bridgehead atoms. The molecule has 0 N–H and O–H groups in total. The number of para-hydroxylation sites is 2. The van der Waals surface area contributed by atoms with Gasteiger partial charge in [0.25, 0.3) is 0 Å². The van der Waals surface area contributed by atoms with Crippen LogP contribution in [0, 0.1) is 10.8 Å². The van der Waals surface area contributed by atoms with Gasteiger partial charge in [-0.1, -0.05) is 36.4 Å². The predicted molar refractivity (Wildman–Crippen MR) is 162 cm³/mol. The second-order valence-corrected chi connectivity index (χ2v) is 14.0. The Morgan fingerprint density at radius 1 is 0.500 bits per heavy atom. The van der Waals surface area contributed by atoms with Crippen molar-refractivity contribution in [2.75, 3.05) is 13.2 Å². The molecule has 0 aliphatic carbocycles. The third-order valence-electron chi connectivity index (χ3n) is 10.8. The van der Waals surface area contributed by atoms with Gasteiger partial charge in [0.1, 0.15) is 37.9 Å². The number of cyclic esters (lactones) is 2. The van der Waals surface area contributed by atoms with Crippen LogP contribution in [0.1, 0.15) is 52.7 Å². The fourth-order valence-corrected chi connectivity index (χ4v) is 7.17. The third kappa shape index (κ3) is 3.77. The maximum Gasteiger partial charge on any atom is 0.351 e. The predicted octanol–water partition coefficient (Wildman–Crippen LogP) is 4.37. The Balaban J connectivity index is 1.30. The van der Waals surface area contributed by atoms with Crippen LogP contribution in [0.15, 0.2) is 71.8 Å². The molecule has 10 heteroatoms. The molecular formula is C36H36O10. The number of benzene rings is 2. The first-order valence-corrected chi connectivity index (χ1v) is 15.3. The van der Waals surface area contributed by atoms with Crippen molar-refractivity contribution in [2.45, 2.75) is 77.2 Å². The molecule has 0 unspecified atom stereocenters. The number of ether oxygens (including phenoxy) is 6. The summed E-state index contributed by atoms with van der Waals surface area (Å²) in [5.41, 5.74) is -6.45. The molecule has 2 aromatic carbocycles. The minimum atomic E-state index is -1.98. The van der Waals surface area contributed by atoms with Gasteiger partial charge in [-0.15, -0.1) is 0 Å². The van der Waals surface area contributed by atoms with E-state index in [1.165, 1.54) is 0 Å². The first kappa shape index (κ1) is 30.4. The minimum absolute atomic E-state index is 0.165. The molecule has 0 amide bonds. The number of carbonyl (C=O) groups excluding carboxylic acids is 4. The zero-order chi connectivity index (χ0) is 32.9. The van der Waals surface area contributed by atoms with Crippen LogP contribution in [0.3, 0.4) is 0 Å². The molecule has 4 atom stereocenters. The van der Waals surface area contributed by atoms with Gasteiger partial charge >= 0.3 is 11.9 Å². The Morgan fingerprint density at radius 3 is 1.24 bits per heavy atom. The molecule has 0 radical (unpaired) electrons. The summed E-state index contributed by atoms with van der Waals surface area (Å²) in [6.07, 6.45) is 3.53. The average molecular weight is 629 g/mol. The third-order valence-corrected chi connectivity index (χ3v) is 10.8. The molecule has 2 saturated heterocycles. The standard InChI is InChI=1S/C36H36O10/c1-31(2)27(37)35-23(15-33(31,5)45-35)19-41-25-13-9-8-12-22(25)18-44-30(40)36-24(16-34(6,46-36)32(3,4)28(36)38)20-42-26-14-10-7-11-21(26)17-43-29(35)39/h7-16H,17-20H2,1-6H3/t33-,34+,35-,36+. The molecule has 2 spiro atoms. The lowest BCUT2D eigenvalue weighted by atomic mass is 9.66. The molecule has 0 aromatic heterocycles. The summed E-state index contributed by atoms with van der Waals surface area (Å²) in [6, 6.07) is 13.8. The van der Waals surface area contributed by atoms with Crippen molar-refractivity contribution in [3.63, 3.8) is 0 Å². The van der Waals surface area contributed by atoms with E-state index in [0.29, 0.717) is 33.8 Å². The molecule has 5 aliphatic rings. The van der Waals surface area contributed by atoms with Crippen molar-refractivity contribution < 1.29 is 47.6 Å². The number of hydrogen-bond donors (Lipinski definition) is 0. The van der Waals surface area contributed by atoms with Gasteiger partial charge in [0.2, 0.25) is 11.2 Å². The minimum Gasteiger partial charge on any atom is -0.489 e. The van der Waals surface area contributed by atoms with E-state index in [9.17, 15) is 19.2 Å². The van der Waals surface area contributed by atoms with Gasteiger partial charge in [0, 0.05) is 22.3 Å². The van der Waals surface area contributed by atoms with Crippen LogP contribution in [0.4, 0.5) is 0 Å². The smallest absolute Gasteiger partial charge is 0.351 e. The first-order valence-electron chi connectivity index (χ1n) is 15.3. The van der Waals surface area contributed by atoms with E-state index in [-0.39, 0.29) is 26.4 Å². The van der Waals surface area contributed by atoms with Crippen molar-refractivity contribution in [1.82, 2.24) is 0 Å². The number of Topliss-reactive ketones (excluding diaryl/α,β-unsaturated/α-hetero) is 2. The van der Waals surface area contributed by atoms with Gasteiger partial charge in [-0.25, -0.2) is 9.59 Å². The van der Waals surface area contributed by atoms with E-state index < -0.39 is 56.7 Å². The SMILES string of the molecule is CC1(C)C(=O)[C@]23O[C@]1(C)C=C2COc1ccccc1COC(=O)[C@]12O[C@@](C)(C=C1COc1ccccc1COC3=O)C(C)(C)C2=O. The van der Waals surface area contributed by atoms with Crippen LogP contribution in [0.25, 0.3) is 0 Å². The van der Waals surface area contributed by atoms with Gasteiger partial charge in [0.05, 0.1) is 22.0 Å². The van der Waals surface area contributed by atoms with E-state index >= 15 is 0 Å². The molecule has 5 aliphatic heterocycles. The first-order chi connectivity index (χ1) is 21.6. The summed E-state index contributed by atoms with van der Waals surface area (Å²) in [5.74, 6) is -1.79. The summed E-state index contributed by atoms with van der Waals surface area (Å²) in [7, 11) is 0. The number of hydrogen-bond acceptors (Lipinski definition) is 10. The zero-order valence-electron chi connectivity index (χ0n) is 26.7. The fraction of sp³-hybridized carbons (Fsp3) is 0.444. The van der Waals surface area contributed by atoms with Crippen LogP contribution in [0.2, 0.25) is 0 Å². The molecule has 46 heavy (non-hydrogen) atoms.